The fraction of sp³-hybridized carbons (Fsp3) is 1.00. The lowest BCUT2D eigenvalue weighted by Crippen LogP contribution is -2.38. The molecule has 1 fully saturated rings. The maximum Gasteiger partial charge on any atom is 0.0115 e. The summed E-state index contributed by atoms with van der Waals surface area (Å²) in [6.07, 6.45) is 7.08. The van der Waals surface area contributed by atoms with Crippen LogP contribution in [-0.2, 0) is 0 Å². The third-order valence-electron chi connectivity index (χ3n) is 4.18. The summed E-state index contributed by atoms with van der Waals surface area (Å²) in [5, 5.41) is 3.53. The topological polar surface area (TPSA) is 12.0 Å². The molecule has 2 unspecified atom stereocenters. The molecule has 1 aliphatic rings. The van der Waals surface area contributed by atoms with E-state index in [4.69, 9.17) is 0 Å². The van der Waals surface area contributed by atoms with Crippen LogP contribution in [0.2, 0.25) is 0 Å². The molecule has 0 aliphatic heterocycles. The highest BCUT2D eigenvalue weighted by atomic mass is 14.9. The first-order valence-electron chi connectivity index (χ1n) is 6.63. The second-order valence-electron chi connectivity index (χ2n) is 6.41. The van der Waals surface area contributed by atoms with Crippen LogP contribution in [0.4, 0.5) is 0 Å². The lowest BCUT2D eigenvalue weighted by molar-refractivity contribution is 0.256. The van der Waals surface area contributed by atoms with Gasteiger partial charge in [0.1, 0.15) is 0 Å². The molecule has 1 saturated carbocycles. The van der Waals surface area contributed by atoms with Gasteiger partial charge in [-0.1, -0.05) is 34.1 Å². The largest absolute Gasteiger partial charge is 0.316 e. The van der Waals surface area contributed by atoms with Crippen LogP contribution in [0.5, 0.6) is 0 Å². The third kappa shape index (κ3) is 3.79. The van der Waals surface area contributed by atoms with E-state index in [1.54, 1.807) is 0 Å². The van der Waals surface area contributed by atoms with Crippen LogP contribution in [0, 0.1) is 17.3 Å². The van der Waals surface area contributed by atoms with Crippen molar-refractivity contribution in [1.29, 1.82) is 0 Å². The standard InChI is InChI=1S/C14H29N/c1-11(2)13(15-5)12-7-6-9-14(3,4)10-8-12/h11-13,15H,6-10H2,1-5H3. The fourth-order valence-electron chi connectivity index (χ4n) is 3.16. The molecule has 0 aromatic heterocycles. The van der Waals surface area contributed by atoms with Gasteiger partial charge < -0.3 is 5.32 Å². The van der Waals surface area contributed by atoms with Gasteiger partial charge in [0.2, 0.25) is 0 Å². The summed E-state index contributed by atoms with van der Waals surface area (Å²) in [5.41, 5.74) is 0.587. The number of hydrogen-bond acceptors (Lipinski definition) is 1. The summed E-state index contributed by atoms with van der Waals surface area (Å²) >= 11 is 0. The van der Waals surface area contributed by atoms with Crippen LogP contribution in [-0.4, -0.2) is 13.1 Å². The maximum absolute atomic E-state index is 3.53. The van der Waals surface area contributed by atoms with Crippen molar-refractivity contribution >= 4 is 0 Å². The van der Waals surface area contributed by atoms with Crippen molar-refractivity contribution in [3.63, 3.8) is 0 Å². The molecule has 1 rings (SSSR count). The molecule has 0 amide bonds. The van der Waals surface area contributed by atoms with Gasteiger partial charge in [-0.2, -0.15) is 0 Å². The molecular weight excluding hydrogens is 182 g/mol. The Balaban J connectivity index is 2.56. The molecule has 0 spiro atoms. The zero-order valence-corrected chi connectivity index (χ0v) is 11.3. The highest BCUT2D eigenvalue weighted by Crippen LogP contribution is 2.38. The zero-order valence-electron chi connectivity index (χ0n) is 11.3. The number of hydrogen-bond donors (Lipinski definition) is 1. The molecule has 0 aromatic carbocycles. The first-order chi connectivity index (χ1) is 6.96. The van der Waals surface area contributed by atoms with Gasteiger partial charge in [-0.3, -0.25) is 0 Å². The van der Waals surface area contributed by atoms with Gasteiger partial charge in [0.05, 0.1) is 0 Å². The second kappa shape index (κ2) is 5.34. The van der Waals surface area contributed by atoms with Gasteiger partial charge in [-0.15, -0.1) is 0 Å². The molecule has 1 aliphatic carbocycles. The Hall–Kier alpha value is -0.0400. The Bertz CT molecular complexity index is 184. The van der Waals surface area contributed by atoms with E-state index in [9.17, 15) is 0 Å². The Morgan fingerprint density at radius 3 is 2.33 bits per heavy atom. The molecule has 90 valence electrons. The van der Waals surface area contributed by atoms with Crippen LogP contribution >= 0.6 is 0 Å². The molecule has 0 aromatic rings. The number of rotatable bonds is 3. The molecule has 1 heteroatoms. The molecule has 1 nitrogen and oxygen atoms in total. The molecule has 15 heavy (non-hydrogen) atoms. The van der Waals surface area contributed by atoms with Crippen molar-refractivity contribution in [3.8, 4) is 0 Å². The minimum absolute atomic E-state index is 0.587. The van der Waals surface area contributed by atoms with Crippen molar-refractivity contribution in [2.45, 2.75) is 65.8 Å². The van der Waals surface area contributed by atoms with Crippen LogP contribution in [0.15, 0.2) is 0 Å². The molecule has 0 radical (unpaired) electrons. The molecule has 0 bridgehead atoms. The van der Waals surface area contributed by atoms with Gasteiger partial charge in [-0.25, -0.2) is 0 Å². The Labute approximate surface area is 96.0 Å². The lowest BCUT2D eigenvalue weighted by Gasteiger charge is -2.29. The van der Waals surface area contributed by atoms with E-state index >= 15 is 0 Å². The second-order valence-corrected chi connectivity index (χ2v) is 6.41. The Kier molecular flexibility index (Phi) is 4.64. The minimum atomic E-state index is 0.587. The Morgan fingerprint density at radius 1 is 1.13 bits per heavy atom. The van der Waals surface area contributed by atoms with E-state index in [2.05, 4.69) is 40.1 Å². The molecule has 1 N–H and O–H groups in total. The van der Waals surface area contributed by atoms with Gasteiger partial charge in [-0.05, 0) is 50.0 Å². The predicted octanol–water partition coefficient (Wildman–Crippen LogP) is 3.84. The van der Waals surface area contributed by atoms with Crippen molar-refractivity contribution in [2.75, 3.05) is 7.05 Å². The average molecular weight is 211 g/mol. The maximum atomic E-state index is 3.53. The summed E-state index contributed by atoms with van der Waals surface area (Å²) in [5.74, 6) is 1.66. The first kappa shape index (κ1) is 13.0. The summed E-state index contributed by atoms with van der Waals surface area (Å²) in [4.78, 5) is 0. The summed E-state index contributed by atoms with van der Waals surface area (Å²) < 4.78 is 0. The lowest BCUT2D eigenvalue weighted by atomic mass is 9.82. The van der Waals surface area contributed by atoms with E-state index in [0.29, 0.717) is 5.41 Å². The Morgan fingerprint density at radius 2 is 1.80 bits per heavy atom. The van der Waals surface area contributed by atoms with Crippen molar-refractivity contribution in [1.82, 2.24) is 5.32 Å². The van der Waals surface area contributed by atoms with Crippen LogP contribution in [0.1, 0.15) is 59.8 Å². The molecule has 0 saturated heterocycles. The zero-order chi connectivity index (χ0) is 11.5. The van der Waals surface area contributed by atoms with Crippen LogP contribution in [0.25, 0.3) is 0 Å². The van der Waals surface area contributed by atoms with E-state index < -0.39 is 0 Å². The van der Waals surface area contributed by atoms with Gasteiger partial charge in [0.25, 0.3) is 0 Å². The van der Waals surface area contributed by atoms with Crippen molar-refractivity contribution in [2.24, 2.45) is 17.3 Å². The quantitative estimate of drug-likeness (QED) is 0.699. The summed E-state index contributed by atoms with van der Waals surface area (Å²) in [7, 11) is 2.13. The van der Waals surface area contributed by atoms with Crippen LogP contribution < -0.4 is 5.32 Å². The number of nitrogens with one attached hydrogen (secondary N) is 1. The smallest absolute Gasteiger partial charge is 0.0115 e. The van der Waals surface area contributed by atoms with Gasteiger partial charge in [0.15, 0.2) is 0 Å². The SMILES string of the molecule is CNC(C(C)C)C1CCCC(C)(C)CC1. The molecule has 2 atom stereocenters. The molecular formula is C14H29N. The van der Waals surface area contributed by atoms with E-state index in [1.807, 2.05) is 0 Å². The average Bonchev–Trinajstić information content (AvgIpc) is 2.28. The predicted molar refractivity (Wildman–Crippen MR) is 68.0 cm³/mol. The first-order valence-corrected chi connectivity index (χ1v) is 6.63. The highest BCUT2D eigenvalue weighted by molar-refractivity contribution is 4.83. The van der Waals surface area contributed by atoms with Crippen molar-refractivity contribution in [3.05, 3.63) is 0 Å². The van der Waals surface area contributed by atoms with Crippen LogP contribution in [0.3, 0.4) is 0 Å². The minimum Gasteiger partial charge on any atom is -0.316 e. The fourth-order valence-corrected chi connectivity index (χ4v) is 3.16. The monoisotopic (exact) mass is 211 g/mol. The highest BCUT2D eigenvalue weighted by Gasteiger charge is 2.29. The van der Waals surface area contributed by atoms with Gasteiger partial charge in [0, 0.05) is 6.04 Å². The van der Waals surface area contributed by atoms with E-state index in [0.717, 1.165) is 17.9 Å². The third-order valence-corrected chi connectivity index (χ3v) is 4.18. The molecule has 0 heterocycles. The van der Waals surface area contributed by atoms with Gasteiger partial charge >= 0.3 is 0 Å². The summed E-state index contributed by atoms with van der Waals surface area (Å²) in [6, 6.07) is 0.721. The van der Waals surface area contributed by atoms with E-state index in [-0.39, 0.29) is 0 Å². The normalized spacial score (nSPS) is 28.8. The van der Waals surface area contributed by atoms with E-state index in [1.165, 1.54) is 32.1 Å². The summed E-state index contributed by atoms with van der Waals surface area (Å²) in [6.45, 7) is 9.55. The van der Waals surface area contributed by atoms with Crippen molar-refractivity contribution < 1.29 is 0 Å².